The van der Waals surface area contributed by atoms with E-state index in [2.05, 4.69) is 128 Å². The van der Waals surface area contributed by atoms with Gasteiger partial charge in [-0.25, -0.2) is 0 Å². The van der Waals surface area contributed by atoms with Gasteiger partial charge >= 0.3 is 0 Å². The molecule has 0 N–H and O–H groups in total. The van der Waals surface area contributed by atoms with Gasteiger partial charge in [0.2, 0.25) is 0 Å². The number of halogens is 2. The molecule has 0 atom stereocenters. The molecule has 0 amide bonds. The van der Waals surface area contributed by atoms with Crippen LogP contribution in [0, 0.1) is 0 Å². The van der Waals surface area contributed by atoms with Gasteiger partial charge in [-0.2, -0.15) is 0 Å². The van der Waals surface area contributed by atoms with E-state index in [-0.39, 0.29) is 0 Å². The zero-order valence-corrected chi connectivity index (χ0v) is 21.0. The average molecular weight is 537 g/mol. The molecule has 0 aliphatic heterocycles. The Hall–Kier alpha value is -2.10. The Bertz CT molecular complexity index is 1040. The molecule has 4 aromatic rings. The van der Waals surface area contributed by atoms with Gasteiger partial charge in [0, 0.05) is 14.6 Å². The predicted octanol–water partition coefficient (Wildman–Crippen LogP) is 9.46. The lowest BCUT2D eigenvalue weighted by Gasteiger charge is -2.15. The van der Waals surface area contributed by atoms with E-state index in [4.69, 9.17) is 0 Å². The molecule has 4 rings (SSSR count). The van der Waals surface area contributed by atoms with Crippen molar-refractivity contribution in [3.8, 4) is 28.2 Å². The molecule has 0 aliphatic rings. The van der Waals surface area contributed by atoms with Crippen molar-refractivity contribution in [2.24, 2.45) is 0 Å². The topological polar surface area (TPSA) is 4.93 Å². The van der Waals surface area contributed by atoms with Gasteiger partial charge in [0.15, 0.2) is 0 Å². The molecule has 0 radical (unpaired) electrons. The van der Waals surface area contributed by atoms with E-state index in [0.29, 0.717) is 0 Å². The van der Waals surface area contributed by atoms with E-state index in [9.17, 15) is 0 Å². The van der Waals surface area contributed by atoms with Crippen LogP contribution < -0.4 is 0 Å². The summed E-state index contributed by atoms with van der Waals surface area (Å²) in [5, 5.41) is 0. The number of rotatable bonds is 8. The minimum atomic E-state index is 1.09. The van der Waals surface area contributed by atoms with Gasteiger partial charge in [-0.05, 0) is 78.1 Å². The number of aromatic nitrogens is 1. The highest BCUT2D eigenvalue weighted by atomic mass is 79.9. The number of benzene rings is 3. The largest absolute Gasteiger partial charge is 0.309 e. The molecule has 0 spiro atoms. The monoisotopic (exact) mass is 535 g/mol. The zero-order chi connectivity index (χ0) is 21.6. The summed E-state index contributed by atoms with van der Waals surface area (Å²) in [4.78, 5) is 0. The van der Waals surface area contributed by atoms with Crippen molar-refractivity contribution in [1.29, 1.82) is 0 Å². The lowest BCUT2D eigenvalue weighted by molar-refractivity contribution is 0.667. The van der Waals surface area contributed by atoms with Crippen LogP contribution in [0.2, 0.25) is 0 Å². The summed E-state index contributed by atoms with van der Waals surface area (Å²) in [6.45, 7) is 2.26. The summed E-state index contributed by atoms with van der Waals surface area (Å²) in [7, 11) is 0. The van der Waals surface area contributed by atoms with Gasteiger partial charge in [-0.3, -0.25) is 0 Å². The van der Waals surface area contributed by atoms with Crippen molar-refractivity contribution in [1.82, 2.24) is 4.57 Å². The predicted molar refractivity (Wildman–Crippen MR) is 140 cm³/mol. The first-order valence-electron chi connectivity index (χ1n) is 11.0. The highest BCUT2D eigenvalue weighted by Gasteiger charge is 2.14. The molecule has 1 nitrogen and oxygen atoms in total. The lowest BCUT2D eigenvalue weighted by atomic mass is 10.1. The number of aryl methyl sites for hydroxylation is 1. The molecule has 158 valence electrons. The summed E-state index contributed by atoms with van der Waals surface area (Å²) < 4.78 is 4.55. The summed E-state index contributed by atoms with van der Waals surface area (Å²) in [6.07, 6.45) is 6.35. The van der Waals surface area contributed by atoms with Crippen molar-refractivity contribution >= 4 is 31.9 Å². The maximum absolute atomic E-state index is 3.56. The SMILES string of the molecule is CCCCCCc1ccc(-n2c(-c3ccc(Br)cc3)ccc2-c2ccc(Br)cc2)cc1. The third-order valence-electron chi connectivity index (χ3n) is 5.67. The van der Waals surface area contributed by atoms with Crippen LogP contribution in [-0.4, -0.2) is 4.57 Å². The number of nitrogens with zero attached hydrogens (tertiary/aromatic N) is 1. The Morgan fingerprint density at radius 1 is 0.581 bits per heavy atom. The van der Waals surface area contributed by atoms with Gasteiger partial charge in [0.25, 0.3) is 0 Å². The van der Waals surface area contributed by atoms with E-state index >= 15 is 0 Å². The molecule has 0 saturated carbocycles. The number of hydrogen-bond acceptors (Lipinski definition) is 0. The normalized spacial score (nSPS) is 11.1. The van der Waals surface area contributed by atoms with E-state index < -0.39 is 0 Å². The standard InChI is InChI=1S/C28H27Br2N/c1-2-3-4-5-6-21-7-17-26(18-8-21)31-27(22-9-13-24(29)14-10-22)19-20-28(31)23-11-15-25(30)16-12-23/h7-20H,2-6H2,1H3. The van der Waals surface area contributed by atoms with E-state index in [1.54, 1.807) is 0 Å². The summed E-state index contributed by atoms with van der Waals surface area (Å²) in [6, 6.07) is 30.6. The molecule has 3 aromatic carbocycles. The van der Waals surface area contributed by atoms with E-state index in [0.717, 1.165) is 15.4 Å². The molecular weight excluding hydrogens is 510 g/mol. The molecule has 0 bridgehead atoms. The average Bonchev–Trinajstić information content (AvgIpc) is 3.23. The van der Waals surface area contributed by atoms with Crippen molar-refractivity contribution in [2.45, 2.75) is 39.0 Å². The van der Waals surface area contributed by atoms with Crippen LogP contribution in [0.3, 0.4) is 0 Å². The highest BCUT2D eigenvalue weighted by Crippen LogP contribution is 2.33. The van der Waals surface area contributed by atoms with Crippen LogP contribution in [0.25, 0.3) is 28.2 Å². The molecule has 0 fully saturated rings. The fourth-order valence-electron chi connectivity index (χ4n) is 3.97. The smallest absolute Gasteiger partial charge is 0.0535 e. The molecule has 31 heavy (non-hydrogen) atoms. The fraction of sp³-hybridized carbons (Fsp3) is 0.214. The first-order valence-corrected chi connectivity index (χ1v) is 12.6. The first-order chi connectivity index (χ1) is 15.2. The Balaban J connectivity index is 1.72. The Morgan fingerprint density at radius 3 is 1.58 bits per heavy atom. The van der Waals surface area contributed by atoms with Gasteiger partial charge in [-0.1, -0.05) is 94.4 Å². The van der Waals surface area contributed by atoms with Crippen molar-refractivity contribution < 1.29 is 0 Å². The van der Waals surface area contributed by atoms with Crippen LogP contribution in [0.1, 0.15) is 38.2 Å². The molecule has 1 aromatic heterocycles. The quantitative estimate of drug-likeness (QED) is 0.197. The molecule has 1 heterocycles. The van der Waals surface area contributed by atoms with E-state index in [1.165, 1.54) is 59.4 Å². The Labute approximate surface area is 202 Å². The second-order valence-electron chi connectivity index (χ2n) is 7.93. The van der Waals surface area contributed by atoms with Crippen LogP contribution in [0.15, 0.2) is 93.9 Å². The van der Waals surface area contributed by atoms with E-state index in [1.807, 2.05) is 0 Å². The minimum absolute atomic E-state index is 1.09. The maximum atomic E-state index is 3.56. The van der Waals surface area contributed by atoms with Gasteiger partial charge < -0.3 is 4.57 Å². The summed E-state index contributed by atoms with van der Waals surface area (Å²) >= 11 is 7.11. The molecule has 3 heteroatoms. The van der Waals surface area contributed by atoms with Crippen molar-refractivity contribution in [3.05, 3.63) is 99.4 Å². The summed E-state index contributed by atoms with van der Waals surface area (Å²) in [5.74, 6) is 0. The van der Waals surface area contributed by atoms with Crippen molar-refractivity contribution in [3.63, 3.8) is 0 Å². The van der Waals surface area contributed by atoms with Gasteiger partial charge in [0.1, 0.15) is 0 Å². The Morgan fingerprint density at radius 2 is 1.10 bits per heavy atom. The zero-order valence-electron chi connectivity index (χ0n) is 17.8. The van der Waals surface area contributed by atoms with Crippen molar-refractivity contribution in [2.75, 3.05) is 0 Å². The molecule has 0 saturated heterocycles. The number of hydrogen-bond donors (Lipinski definition) is 0. The maximum Gasteiger partial charge on any atom is 0.0535 e. The molecular formula is C28H27Br2N. The highest BCUT2D eigenvalue weighted by molar-refractivity contribution is 9.10. The Kier molecular flexibility index (Phi) is 7.47. The van der Waals surface area contributed by atoms with Gasteiger partial charge in [0.05, 0.1) is 11.4 Å². The molecule has 0 aliphatic carbocycles. The van der Waals surface area contributed by atoms with Crippen LogP contribution in [-0.2, 0) is 6.42 Å². The van der Waals surface area contributed by atoms with Crippen LogP contribution in [0.4, 0.5) is 0 Å². The number of unbranched alkanes of at least 4 members (excludes halogenated alkanes) is 3. The summed E-state index contributed by atoms with van der Waals surface area (Å²) in [5.41, 5.74) is 7.41. The van der Waals surface area contributed by atoms with Crippen LogP contribution in [0.5, 0.6) is 0 Å². The third-order valence-corrected chi connectivity index (χ3v) is 6.73. The lowest BCUT2D eigenvalue weighted by Crippen LogP contribution is -2.00. The molecule has 0 unspecified atom stereocenters. The minimum Gasteiger partial charge on any atom is -0.309 e. The second kappa shape index (κ2) is 10.5. The fourth-order valence-corrected chi connectivity index (χ4v) is 4.50. The second-order valence-corrected chi connectivity index (χ2v) is 9.76. The van der Waals surface area contributed by atoms with Crippen LogP contribution >= 0.6 is 31.9 Å². The first kappa shape index (κ1) is 22.1. The third kappa shape index (κ3) is 5.39. The van der Waals surface area contributed by atoms with Gasteiger partial charge in [-0.15, -0.1) is 0 Å².